The molecule has 0 aliphatic rings. The van der Waals surface area contributed by atoms with Crippen molar-refractivity contribution < 1.29 is 9.59 Å². The number of nitrogens with one attached hydrogen (secondary N) is 3. The zero-order chi connectivity index (χ0) is 19.8. The Morgan fingerprint density at radius 2 is 1.39 bits per heavy atom. The van der Waals surface area contributed by atoms with Gasteiger partial charge in [0.2, 0.25) is 5.91 Å². The van der Waals surface area contributed by atoms with Gasteiger partial charge in [-0.05, 0) is 42.7 Å². The van der Waals surface area contributed by atoms with Crippen LogP contribution in [0.1, 0.15) is 18.1 Å². The van der Waals surface area contributed by atoms with Gasteiger partial charge in [0.05, 0.1) is 0 Å². The number of carbonyl (C=O) groups is 2. The molecule has 3 amide bonds. The number of rotatable bonds is 6. The first-order valence-electron chi connectivity index (χ1n) is 9.17. The summed E-state index contributed by atoms with van der Waals surface area (Å²) in [5, 5.41) is 8.28. The summed E-state index contributed by atoms with van der Waals surface area (Å²) in [6.07, 6.45) is 0.716. The minimum Gasteiger partial charge on any atom is -0.326 e. The highest BCUT2D eigenvalue weighted by Gasteiger charge is 2.17. The number of hydrogen-bond acceptors (Lipinski definition) is 2. The van der Waals surface area contributed by atoms with Gasteiger partial charge in [0.25, 0.3) is 0 Å². The number of para-hydroxylation sites is 2. The molecule has 1 atom stereocenters. The van der Waals surface area contributed by atoms with Crippen molar-refractivity contribution in [3.8, 4) is 0 Å². The van der Waals surface area contributed by atoms with Gasteiger partial charge in [-0.15, -0.1) is 0 Å². The molecular weight excluding hydrogens is 350 g/mol. The lowest BCUT2D eigenvalue weighted by molar-refractivity contribution is -0.117. The highest BCUT2D eigenvalue weighted by molar-refractivity contribution is 5.99. The van der Waals surface area contributed by atoms with Gasteiger partial charge in [-0.25, -0.2) is 4.79 Å². The minimum absolute atomic E-state index is 0.274. The van der Waals surface area contributed by atoms with E-state index in [2.05, 4.69) is 28.1 Å². The molecule has 0 bridgehead atoms. The Hall–Kier alpha value is -3.60. The molecule has 1 unspecified atom stereocenters. The molecule has 3 N–H and O–H groups in total. The molecular formula is C23H23N3O2. The molecule has 0 saturated carbocycles. The van der Waals surface area contributed by atoms with E-state index in [0.717, 1.165) is 16.8 Å². The lowest BCUT2D eigenvalue weighted by Crippen LogP contribution is -2.43. The molecule has 0 aromatic heterocycles. The number of benzene rings is 3. The molecule has 3 aromatic rings. The molecule has 142 valence electrons. The third-order valence-corrected chi connectivity index (χ3v) is 4.29. The van der Waals surface area contributed by atoms with E-state index in [1.165, 1.54) is 0 Å². The van der Waals surface area contributed by atoms with E-state index in [4.69, 9.17) is 0 Å². The van der Waals surface area contributed by atoms with Crippen LogP contribution in [0.3, 0.4) is 0 Å². The Balaban J connectivity index is 1.60. The molecule has 0 radical (unpaired) electrons. The van der Waals surface area contributed by atoms with Crippen LogP contribution >= 0.6 is 0 Å². The summed E-state index contributed by atoms with van der Waals surface area (Å²) in [5.41, 5.74) is 3.59. The molecule has 0 spiro atoms. The molecule has 0 saturated heterocycles. The van der Waals surface area contributed by atoms with E-state index < -0.39 is 12.1 Å². The SMILES string of the molecule is CC(NC(=O)Nc1ccccc1)C(=O)Nc1ccccc1Cc1ccccc1. The van der Waals surface area contributed by atoms with E-state index in [1.54, 1.807) is 19.1 Å². The zero-order valence-electron chi connectivity index (χ0n) is 15.7. The van der Waals surface area contributed by atoms with Crippen LogP contribution in [0.4, 0.5) is 16.2 Å². The molecule has 3 aromatic carbocycles. The van der Waals surface area contributed by atoms with Crippen molar-refractivity contribution in [3.63, 3.8) is 0 Å². The second kappa shape index (κ2) is 9.37. The van der Waals surface area contributed by atoms with Crippen LogP contribution in [-0.4, -0.2) is 18.0 Å². The summed E-state index contributed by atoms with van der Waals surface area (Å²) in [7, 11) is 0. The van der Waals surface area contributed by atoms with Crippen LogP contribution in [0.2, 0.25) is 0 Å². The van der Waals surface area contributed by atoms with Gasteiger partial charge in [0, 0.05) is 11.4 Å². The van der Waals surface area contributed by atoms with Gasteiger partial charge in [-0.1, -0.05) is 66.7 Å². The first kappa shape index (κ1) is 19.2. The van der Waals surface area contributed by atoms with E-state index in [1.807, 2.05) is 60.7 Å². The Kier molecular flexibility index (Phi) is 6.41. The third-order valence-electron chi connectivity index (χ3n) is 4.29. The number of urea groups is 1. The van der Waals surface area contributed by atoms with Crippen LogP contribution in [0.5, 0.6) is 0 Å². The molecule has 0 aliphatic heterocycles. The average molecular weight is 373 g/mol. The lowest BCUT2D eigenvalue weighted by Gasteiger charge is -2.17. The lowest BCUT2D eigenvalue weighted by atomic mass is 10.0. The van der Waals surface area contributed by atoms with Gasteiger partial charge < -0.3 is 16.0 Å². The molecule has 28 heavy (non-hydrogen) atoms. The number of anilines is 2. The first-order chi connectivity index (χ1) is 13.6. The van der Waals surface area contributed by atoms with E-state index >= 15 is 0 Å². The maximum Gasteiger partial charge on any atom is 0.319 e. The normalized spacial score (nSPS) is 11.3. The maximum absolute atomic E-state index is 12.6. The summed E-state index contributed by atoms with van der Waals surface area (Å²) in [5.74, 6) is -0.274. The standard InChI is InChI=1S/C23H23N3O2/c1-17(24-23(28)25-20-13-6-3-7-14-20)22(27)26-21-15-9-8-12-19(21)16-18-10-4-2-5-11-18/h2-15,17H,16H2,1H3,(H,26,27)(H2,24,25,28). The second-order valence-electron chi connectivity index (χ2n) is 6.49. The summed E-state index contributed by atoms with van der Waals surface area (Å²) in [6.45, 7) is 1.65. The van der Waals surface area contributed by atoms with Crippen LogP contribution in [-0.2, 0) is 11.2 Å². The van der Waals surface area contributed by atoms with Gasteiger partial charge in [-0.2, -0.15) is 0 Å². The Labute approximate surface area is 164 Å². The number of carbonyl (C=O) groups excluding carboxylic acids is 2. The summed E-state index contributed by atoms with van der Waals surface area (Å²) >= 11 is 0. The van der Waals surface area contributed by atoms with E-state index in [9.17, 15) is 9.59 Å². The summed E-state index contributed by atoms with van der Waals surface area (Å²) in [6, 6.07) is 25.7. The monoisotopic (exact) mass is 373 g/mol. The van der Waals surface area contributed by atoms with Crippen molar-refractivity contribution >= 4 is 23.3 Å². The van der Waals surface area contributed by atoms with Crippen molar-refractivity contribution in [2.75, 3.05) is 10.6 Å². The molecule has 5 heteroatoms. The predicted octanol–water partition coefficient (Wildman–Crippen LogP) is 4.43. The maximum atomic E-state index is 12.6. The highest BCUT2D eigenvalue weighted by atomic mass is 16.2. The molecule has 5 nitrogen and oxygen atoms in total. The van der Waals surface area contributed by atoms with Crippen LogP contribution in [0.25, 0.3) is 0 Å². The van der Waals surface area contributed by atoms with Crippen LogP contribution in [0, 0.1) is 0 Å². The largest absolute Gasteiger partial charge is 0.326 e. The first-order valence-corrected chi connectivity index (χ1v) is 9.17. The number of hydrogen-bond donors (Lipinski definition) is 3. The fraction of sp³-hybridized carbons (Fsp3) is 0.130. The van der Waals surface area contributed by atoms with Crippen LogP contribution in [0.15, 0.2) is 84.9 Å². The van der Waals surface area contributed by atoms with Gasteiger partial charge in [-0.3, -0.25) is 4.79 Å². The van der Waals surface area contributed by atoms with Crippen molar-refractivity contribution in [1.29, 1.82) is 0 Å². The van der Waals surface area contributed by atoms with E-state index in [0.29, 0.717) is 12.1 Å². The van der Waals surface area contributed by atoms with Crippen molar-refractivity contribution in [2.45, 2.75) is 19.4 Å². The smallest absolute Gasteiger partial charge is 0.319 e. The van der Waals surface area contributed by atoms with Gasteiger partial charge in [0.1, 0.15) is 6.04 Å². The van der Waals surface area contributed by atoms with Crippen molar-refractivity contribution in [1.82, 2.24) is 5.32 Å². The highest BCUT2D eigenvalue weighted by Crippen LogP contribution is 2.19. The van der Waals surface area contributed by atoms with Crippen molar-refractivity contribution in [2.24, 2.45) is 0 Å². The fourth-order valence-corrected chi connectivity index (χ4v) is 2.80. The van der Waals surface area contributed by atoms with E-state index in [-0.39, 0.29) is 5.91 Å². The molecule has 0 aliphatic carbocycles. The topological polar surface area (TPSA) is 70.2 Å². The molecule has 3 rings (SSSR count). The Morgan fingerprint density at radius 1 is 0.786 bits per heavy atom. The van der Waals surface area contributed by atoms with Gasteiger partial charge in [0.15, 0.2) is 0 Å². The molecule has 0 heterocycles. The summed E-state index contributed by atoms with van der Waals surface area (Å²) < 4.78 is 0. The van der Waals surface area contributed by atoms with Crippen molar-refractivity contribution in [3.05, 3.63) is 96.1 Å². The number of amides is 3. The predicted molar refractivity (Wildman–Crippen MR) is 112 cm³/mol. The quantitative estimate of drug-likeness (QED) is 0.598. The third kappa shape index (κ3) is 5.45. The second-order valence-corrected chi connectivity index (χ2v) is 6.49. The van der Waals surface area contributed by atoms with Crippen LogP contribution < -0.4 is 16.0 Å². The zero-order valence-corrected chi connectivity index (χ0v) is 15.7. The fourth-order valence-electron chi connectivity index (χ4n) is 2.80. The minimum atomic E-state index is -0.687. The summed E-state index contributed by atoms with van der Waals surface area (Å²) in [4.78, 5) is 24.6. The molecule has 0 fully saturated rings. The average Bonchev–Trinajstić information content (AvgIpc) is 2.71. The Bertz CT molecular complexity index is 927. The van der Waals surface area contributed by atoms with Gasteiger partial charge >= 0.3 is 6.03 Å². The Morgan fingerprint density at radius 3 is 2.11 bits per heavy atom.